The number of benzene rings is 1. The third kappa shape index (κ3) is 2.08. The molecule has 2 aromatic rings. The molecule has 1 aromatic heterocycles. The van der Waals surface area contributed by atoms with Crippen molar-refractivity contribution in [1.82, 2.24) is 0 Å². The fourth-order valence-electron chi connectivity index (χ4n) is 2.62. The van der Waals surface area contributed by atoms with E-state index in [-0.39, 0.29) is 0 Å². The Kier molecular flexibility index (Phi) is 2.74. The van der Waals surface area contributed by atoms with Gasteiger partial charge in [0, 0.05) is 17.9 Å². The number of nitrogens with zero attached hydrogens (tertiary/aromatic N) is 1. The highest BCUT2D eigenvalue weighted by Crippen LogP contribution is 2.30. The van der Waals surface area contributed by atoms with E-state index in [9.17, 15) is 0 Å². The normalized spacial score (nSPS) is 14.6. The number of aryl methyl sites for hydroxylation is 2. The van der Waals surface area contributed by atoms with Gasteiger partial charge in [0.25, 0.3) is 0 Å². The second-order valence-corrected chi connectivity index (χ2v) is 4.93. The lowest BCUT2D eigenvalue weighted by Crippen LogP contribution is -2.28. The second kappa shape index (κ2) is 4.41. The Balaban J connectivity index is 1.87. The highest BCUT2D eigenvalue weighted by Gasteiger charge is 2.17. The van der Waals surface area contributed by atoms with Crippen LogP contribution in [-0.4, -0.2) is 6.54 Å². The van der Waals surface area contributed by atoms with Gasteiger partial charge in [0.05, 0.1) is 6.54 Å². The maximum Gasteiger partial charge on any atom is 0.123 e. The smallest absolute Gasteiger partial charge is 0.123 e. The predicted octanol–water partition coefficient (Wildman–Crippen LogP) is 3.12. The number of anilines is 2. The number of rotatable bonds is 2. The first-order valence-electron chi connectivity index (χ1n) is 6.41. The molecule has 1 aromatic carbocycles. The highest BCUT2D eigenvalue weighted by molar-refractivity contribution is 5.61. The standard InChI is InChI=1S/C15H18N2O/c1-11-4-6-14(18-11)10-17-8-2-3-12-9-13(16)5-7-15(12)17/h4-7,9H,2-3,8,10,16H2,1H3. The Hall–Kier alpha value is -1.90. The topological polar surface area (TPSA) is 42.4 Å². The molecule has 1 aliphatic rings. The number of furan rings is 1. The summed E-state index contributed by atoms with van der Waals surface area (Å²) in [5.74, 6) is 2.00. The van der Waals surface area contributed by atoms with Gasteiger partial charge in [-0.2, -0.15) is 0 Å². The molecule has 18 heavy (non-hydrogen) atoms. The molecule has 3 nitrogen and oxygen atoms in total. The average Bonchev–Trinajstić information content (AvgIpc) is 2.75. The van der Waals surface area contributed by atoms with Crippen molar-refractivity contribution in [3.05, 3.63) is 47.4 Å². The molecule has 0 amide bonds. The van der Waals surface area contributed by atoms with Gasteiger partial charge >= 0.3 is 0 Å². The summed E-state index contributed by atoms with van der Waals surface area (Å²) < 4.78 is 5.66. The third-order valence-electron chi connectivity index (χ3n) is 3.46. The van der Waals surface area contributed by atoms with E-state index in [4.69, 9.17) is 10.2 Å². The Labute approximate surface area is 107 Å². The molecular formula is C15H18N2O. The highest BCUT2D eigenvalue weighted by atomic mass is 16.3. The first-order chi connectivity index (χ1) is 8.72. The molecule has 1 aliphatic heterocycles. The summed E-state index contributed by atoms with van der Waals surface area (Å²) in [5.41, 5.74) is 9.34. The van der Waals surface area contributed by atoms with E-state index in [0.717, 1.165) is 36.7 Å². The molecule has 2 heterocycles. The van der Waals surface area contributed by atoms with Crippen molar-refractivity contribution in [2.75, 3.05) is 17.2 Å². The summed E-state index contributed by atoms with van der Waals surface area (Å²) in [5, 5.41) is 0. The molecule has 0 aliphatic carbocycles. The monoisotopic (exact) mass is 242 g/mol. The van der Waals surface area contributed by atoms with Crippen LogP contribution in [0.2, 0.25) is 0 Å². The van der Waals surface area contributed by atoms with Gasteiger partial charge in [0.2, 0.25) is 0 Å². The molecule has 2 N–H and O–H groups in total. The van der Waals surface area contributed by atoms with E-state index in [1.54, 1.807) is 0 Å². The molecule has 0 radical (unpaired) electrons. The van der Waals surface area contributed by atoms with Crippen LogP contribution in [-0.2, 0) is 13.0 Å². The minimum absolute atomic E-state index is 0.838. The number of hydrogen-bond donors (Lipinski definition) is 1. The maximum absolute atomic E-state index is 5.85. The van der Waals surface area contributed by atoms with Crippen molar-refractivity contribution in [1.29, 1.82) is 0 Å². The lowest BCUT2D eigenvalue weighted by atomic mass is 10.0. The molecule has 0 fully saturated rings. The molecule has 0 saturated heterocycles. The second-order valence-electron chi connectivity index (χ2n) is 4.93. The molecule has 3 rings (SSSR count). The molecule has 0 spiro atoms. The molecule has 0 unspecified atom stereocenters. The van der Waals surface area contributed by atoms with E-state index < -0.39 is 0 Å². The predicted molar refractivity (Wildman–Crippen MR) is 73.7 cm³/mol. The van der Waals surface area contributed by atoms with Gasteiger partial charge in [-0.05, 0) is 55.7 Å². The van der Waals surface area contributed by atoms with Crippen LogP contribution in [0.3, 0.4) is 0 Å². The van der Waals surface area contributed by atoms with Crippen molar-refractivity contribution >= 4 is 11.4 Å². The molecule has 0 bridgehead atoms. The summed E-state index contributed by atoms with van der Waals surface area (Å²) in [4.78, 5) is 2.37. The van der Waals surface area contributed by atoms with E-state index >= 15 is 0 Å². The number of fused-ring (bicyclic) bond motifs is 1. The van der Waals surface area contributed by atoms with Gasteiger partial charge in [-0.25, -0.2) is 0 Å². The van der Waals surface area contributed by atoms with Crippen molar-refractivity contribution in [3.8, 4) is 0 Å². The number of nitrogens with two attached hydrogens (primary N) is 1. The molecular weight excluding hydrogens is 224 g/mol. The zero-order chi connectivity index (χ0) is 12.5. The van der Waals surface area contributed by atoms with Gasteiger partial charge < -0.3 is 15.1 Å². The largest absolute Gasteiger partial charge is 0.464 e. The molecule has 0 atom stereocenters. The molecule has 94 valence electrons. The Morgan fingerprint density at radius 1 is 1.28 bits per heavy atom. The van der Waals surface area contributed by atoms with Gasteiger partial charge in [-0.15, -0.1) is 0 Å². The van der Waals surface area contributed by atoms with Gasteiger partial charge in [-0.1, -0.05) is 0 Å². The minimum atomic E-state index is 0.838. The number of nitrogen functional groups attached to an aromatic ring is 1. The van der Waals surface area contributed by atoms with Crippen molar-refractivity contribution in [2.45, 2.75) is 26.3 Å². The van der Waals surface area contributed by atoms with Crippen LogP contribution in [0.15, 0.2) is 34.7 Å². The van der Waals surface area contributed by atoms with Crippen molar-refractivity contribution in [2.24, 2.45) is 0 Å². The SMILES string of the molecule is Cc1ccc(CN2CCCc3cc(N)ccc32)o1. The van der Waals surface area contributed by atoms with Crippen LogP contribution in [0.25, 0.3) is 0 Å². The van der Waals surface area contributed by atoms with Gasteiger partial charge in [0.1, 0.15) is 11.5 Å². The van der Waals surface area contributed by atoms with Crippen LogP contribution in [0.4, 0.5) is 11.4 Å². The van der Waals surface area contributed by atoms with E-state index in [0.29, 0.717) is 0 Å². The zero-order valence-electron chi connectivity index (χ0n) is 10.6. The minimum Gasteiger partial charge on any atom is -0.464 e. The Morgan fingerprint density at radius 2 is 2.17 bits per heavy atom. The van der Waals surface area contributed by atoms with Crippen LogP contribution in [0, 0.1) is 6.92 Å². The van der Waals surface area contributed by atoms with E-state index in [2.05, 4.69) is 23.1 Å². The Bertz CT molecular complexity index is 559. The summed E-state index contributed by atoms with van der Waals surface area (Å²) >= 11 is 0. The first-order valence-corrected chi connectivity index (χ1v) is 6.41. The lowest BCUT2D eigenvalue weighted by Gasteiger charge is -2.30. The molecule has 0 saturated carbocycles. The quantitative estimate of drug-likeness (QED) is 0.823. The third-order valence-corrected chi connectivity index (χ3v) is 3.46. The van der Waals surface area contributed by atoms with E-state index in [1.165, 1.54) is 17.7 Å². The van der Waals surface area contributed by atoms with Crippen LogP contribution in [0.1, 0.15) is 23.5 Å². The average molecular weight is 242 g/mol. The van der Waals surface area contributed by atoms with Crippen LogP contribution < -0.4 is 10.6 Å². The lowest BCUT2D eigenvalue weighted by molar-refractivity contribution is 0.474. The summed E-state index contributed by atoms with van der Waals surface area (Å²) in [6.07, 6.45) is 2.30. The van der Waals surface area contributed by atoms with Crippen LogP contribution in [0.5, 0.6) is 0 Å². The first kappa shape index (κ1) is 11.2. The fraction of sp³-hybridized carbons (Fsp3) is 0.333. The van der Waals surface area contributed by atoms with Gasteiger partial charge in [-0.3, -0.25) is 0 Å². The van der Waals surface area contributed by atoms with E-state index in [1.807, 2.05) is 19.1 Å². The number of hydrogen-bond acceptors (Lipinski definition) is 3. The summed E-state index contributed by atoms with van der Waals surface area (Å²) in [6.45, 7) is 3.90. The van der Waals surface area contributed by atoms with Crippen molar-refractivity contribution in [3.63, 3.8) is 0 Å². The van der Waals surface area contributed by atoms with Crippen LogP contribution >= 0.6 is 0 Å². The maximum atomic E-state index is 5.85. The Morgan fingerprint density at radius 3 is 2.94 bits per heavy atom. The molecule has 3 heteroatoms. The van der Waals surface area contributed by atoms with Crippen molar-refractivity contribution < 1.29 is 4.42 Å². The summed E-state index contributed by atoms with van der Waals surface area (Å²) in [6, 6.07) is 10.3. The zero-order valence-corrected chi connectivity index (χ0v) is 10.6. The summed E-state index contributed by atoms with van der Waals surface area (Å²) in [7, 11) is 0. The fourth-order valence-corrected chi connectivity index (χ4v) is 2.62. The van der Waals surface area contributed by atoms with Gasteiger partial charge in [0.15, 0.2) is 0 Å².